The summed E-state index contributed by atoms with van der Waals surface area (Å²) >= 11 is 0. The van der Waals surface area contributed by atoms with Gasteiger partial charge in [0.2, 0.25) is 0 Å². The van der Waals surface area contributed by atoms with Crippen LogP contribution < -0.4 is 4.74 Å². The second-order valence-corrected chi connectivity index (χ2v) is 6.25. The fraction of sp³-hybridized carbons (Fsp3) is 0.533. The summed E-state index contributed by atoms with van der Waals surface area (Å²) in [6.07, 6.45) is -0.308. The second-order valence-electron chi connectivity index (χ2n) is 6.25. The van der Waals surface area contributed by atoms with Gasteiger partial charge in [0.05, 0.1) is 6.54 Å². The number of hydrogen-bond acceptors (Lipinski definition) is 5. The molecular weight excluding hydrogens is 307 g/mol. The largest absolute Gasteiger partial charge is 0.484 e. The minimum atomic E-state index is -1.31. The van der Waals surface area contributed by atoms with Crippen LogP contribution in [0.3, 0.4) is 0 Å². The Kier molecular flexibility index (Phi) is 4.72. The van der Waals surface area contributed by atoms with Crippen LogP contribution in [0.4, 0.5) is 9.18 Å². The molecule has 1 N–H and O–H groups in total. The molecule has 1 amide bonds. The van der Waals surface area contributed by atoms with Gasteiger partial charge in [0.25, 0.3) is 5.95 Å². The molecule has 0 aromatic carbocycles. The summed E-state index contributed by atoms with van der Waals surface area (Å²) in [6, 6.07) is 2.39. The van der Waals surface area contributed by atoms with E-state index in [0.29, 0.717) is 13.0 Å². The molecule has 0 aliphatic carbocycles. The molecule has 1 aliphatic rings. The first kappa shape index (κ1) is 17.0. The van der Waals surface area contributed by atoms with Crippen LogP contribution in [0.5, 0.6) is 5.75 Å². The van der Waals surface area contributed by atoms with E-state index in [1.54, 1.807) is 20.8 Å². The Balaban J connectivity index is 1.96. The summed E-state index contributed by atoms with van der Waals surface area (Å²) in [5.74, 6) is -2.43. The van der Waals surface area contributed by atoms with E-state index in [2.05, 4.69) is 4.98 Å². The lowest BCUT2D eigenvalue weighted by atomic mass is 10.2. The predicted octanol–water partition coefficient (Wildman–Crippen LogP) is 2.31. The minimum Gasteiger partial charge on any atom is -0.484 e. The standard InChI is InChI=1S/C15H19FN2O5/c1-15(2,3)23-14(21)18-7-6-9(8-18)22-11-5-4-10(13(19)20)17-12(11)16/h4-5,9H,6-8H2,1-3H3,(H,19,20)/t9-/m1/s1. The van der Waals surface area contributed by atoms with E-state index in [-0.39, 0.29) is 12.3 Å². The van der Waals surface area contributed by atoms with E-state index in [1.807, 2.05) is 0 Å². The number of ether oxygens (including phenoxy) is 2. The molecule has 1 aromatic heterocycles. The highest BCUT2D eigenvalue weighted by molar-refractivity contribution is 5.85. The molecule has 1 saturated heterocycles. The number of carbonyl (C=O) groups excluding carboxylic acids is 1. The van der Waals surface area contributed by atoms with Crippen molar-refractivity contribution in [1.82, 2.24) is 9.88 Å². The van der Waals surface area contributed by atoms with E-state index in [4.69, 9.17) is 14.6 Å². The van der Waals surface area contributed by atoms with Gasteiger partial charge in [-0.05, 0) is 32.9 Å². The summed E-state index contributed by atoms with van der Waals surface area (Å²) in [4.78, 5) is 27.5. The number of likely N-dealkylation sites (tertiary alicyclic amines) is 1. The maximum absolute atomic E-state index is 13.7. The molecule has 1 aliphatic heterocycles. The zero-order chi connectivity index (χ0) is 17.2. The fourth-order valence-electron chi connectivity index (χ4n) is 2.12. The first-order valence-corrected chi connectivity index (χ1v) is 7.20. The Labute approximate surface area is 133 Å². The van der Waals surface area contributed by atoms with Gasteiger partial charge in [-0.3, -0.25) is 0 Å². The molecule has 126 valence electrons. The Morgan fingerprint density at radius 3 is 2.65 bits per heavy atom. The number of carboxylic acids is 1. The minimum absolute atomic E-state index is 0.133. The van der Waals surface area contributed by atoms with Crippen LogP contribution in [-0.2, 0) is 4.74 Å². The van der Waals surface area contributed by atoms with Crippen molar-refractivity contribution in [2.45, 2.75) is 38.9 Å². The molecule has 8 heteroatoms. The molecule has 2 rings (SSSR count). The van der Waals surface area contributed by atoms with Crippen LogP contribution in [0.1, 0.15) is 37.7 Å². The smallest absolute Gasteiger partial charge is 0.410 e. The van der Waals surface area contributed by atoms with Gasteiger partial charge in [-0.2, -0.15) is 4.39 Å². The first-order valence-electron chi connectivity index (χ1n) is 7.20. The van der Waals surface area contributed by atoms with Crippen LogP contribution in [0.2, 0.25) is 0 Å². The van der Waals surface area contributed by atoms with Crippen molar-refractivity contribution in [2.75, 3.05) is 13.1 Å². The highest BCUT2D eigenvalue weighted by atomic mass is 19.1. The van der Waals surface area contributed by atoms with Crippen molar-refractivity contribution in [2.24, 2.45) is 0 Å². The van der Waals surface area contributed by atoms with Gasteiger partial charge in [0.15, 0.2) is 11.4 Å². The summed E-state index contributed by atoms with van der Waals surface area (Å²) in [5.41, 5.74) is -0.977. The zero-order valence-corrected chi connectivity index (χ0v) is 13.2. The fourth-order valence-corrected chi connectivity index (χ4v) is 2.12. The van der Waals surface area contributed by atoms with Crippen molar-refractivity contribution in [3.05, 3.63) is 23.8 Å². The number of hydrogen-bond donors (Lipinski definition) is 1. The van der Waals surface area contributed by atoms with Gasteiger partial charge in [-0.25, -0.2) is 14.6 Å². The van der Waals surface area contributed by atoms with Crippen LogP contribution >= 0.6 is 0 Å². The summed E-state index contributed by atoms with van der Waals surface area (Å²) < 4.78 is 24.5. The average Bonchev–Trinajstić information content (AvgIpc) is 2.87. The van der Waals surface area contributed by atoms with Gasteiger partial charge in [0, 0.05) is 13.0 Å². The predicted molar refractivity (Wildman–Crippen MR) is 78.0 cm³/mol. The van der Waals surface area contributed by atoms with E-state index in [1.165, 1.54) is 17.0 Å². The summed E-state index contributed by atoms with van der Waals surface area (Å²) in [6.45, 7) is 6.05. The topological polar surface area (TPSA) is 89.0 Å². The van der Waals surface area contributed by atoms with Crippen molar-refractivity contribution < 1.29 is 28.6 Å². The second kappa shape index (κ2) is 6.39. The normalized spacial score (nSPS) is 17.9. The number of rotatable bonds is 3. The number of pyridine rings is 1. The molecule has 2 heterocycles. The molecule has 1 aromatic rings. The lowest BCUT2D eigenvalue weighted by Crippen LogP contribution is -2.36. The number of carbonyl (C=O) groups is 2. The summed E-state index contributed by atoms with van der Waals surface area (Å²) in [5, 5.41) is 8.74. The third-order valence-electron chi connectivity index (χ3n) is 3.12. The number of carboxylic acid groups (broad SMARTS) is 1. The Morgan fingerprint density at radius 2 is 2.09 bits per heavy atom. The van der Waals surface area contributed by atoms with Crippen LogP contribution in [0.25, 0.3) is 0 Å². The number of halogens is 1. The van der Waals surface area contributed by atoms with Crippen molar-refractivity contribution in [1.29, 1.82) is 0 Å². The van der Waals surface area contributed by atoms with Crippen LogP contribution in [0, 0.1) is 5.95 Å². The average molecular weight is 326 g/mol. The molecule has 0 bridgehead atoms. The van der Waals surface area contributed by atoms with Gasteiger partial charge < -0.3 is 19.5 Å². The van der Waals surface area contributed by atoms with Crippen LogP contribution in [0.15, 0.2) is 12.1 Å². The molecule has 23 heavy (non-hydrogen) atoms. The molecular formula is C15H19FN2O5. The highest BCUT2D eigenvalue weighted by Crippen LogP contribution is 2.22. The SMILES string of the molecule is CC(C)(C)OC(=O)N1CC[C@@H](Oc2ccc(C(=O)O)nc2F)C1. The van der Waals surface area contributed by atoms with Gasteiger partial charge in [-0.1, -0.05) is 0 Å². The molecule has 0 radical (unpaired) electrons. The zero-order valence-electron chi connectivity index (χ0n) is 13.2. The lowest BCUT2D eigenvalue weighted by Gasteiger charge is -2.24. The maximum Gasteiger partial charge on any atom is 0.410 e. The third kappa shape index (κ3) is 4.54. The first-order chi connectivity index (χ1) is 10.7. The van der Waals surface area contributed by atoms with Crippen molar-refractivity contribution >= 4 is 12.1 Å². The Morgan fingerprint density at radius 1 is 1.39 bits per heavy atom. The Hall–Kier alpha value is -2.38. The van der Waals surface area contributed by atoms with Gasteiger partial charge in [0.1, 0.15) is 11.7 Å². The molecule has 1 fully saturated rings. The van der Waals surface area contributed by atoms with Crippen molar-refractivity contribution in [3.63, 3.8) is 0 Å². The van der Waals surface area contributed by atoms with E-state index in [9.17, 15) is 14.0 Å². The number of aromatic carboxylic acids is 1. The molecule has 0 spiro atoms. The number of aromatic nitrogens is 1. The number of nitrogens with zero attached hydrogens (tertiary/aromatic N) is 2. The van der Waals surface area contributed by atoms with Crippen molar-refractivity contribution in [3.8, 4) is 5.75 Å². The number of amides is 1. The lowest BCUT2D eigenvalue weighted by molar-refractivity contribution is 0.0274. The maximum atomic E-state index is 13.7. The highest BCUT2D eigenvalue weighted by Gasteiger charge is 2.31. The Bertz CT molecular complexity index is 614. The van der Waals surface area contributed by atoms with E-state index >= 15 is 0 Å². The summed E-state index contributed by atoms with van der Waals surface area (Å²) in [7, 11) is 0. The molecule has 0 unspecified atom stereocenters. The van der Waals surface area contributed by atoms with Crippen LogP contribution in [-0.4, -0.2) is 51.8 Å². The quantitative estimate of drug-likeness (QED) is 0.857. The molecule has 0 saturated carbocycles. The monoisotopic (exact) mass is 326 g/mol. The molecule has 7 nitrogen and oxygen atoms in total. The third-order valence-corrected chi connectivity index (χ3v) is 3.12. The van der Waals surface area contributed by atoms with Gasteiger partial charge in [-0.15, -0.1) is 0 Å². The van der Waals surface area contributed by atoms with E-state index < -0.39 is 35.4 Å². The molecule has 1 atom stereocenters. The van der Waals surface area contributed by atoms with E-state index in [0.717, 1.165) is 0 Å². The van der Waals surface area contributed by atoms with Gasteiger partial charge >= 0.3 is 12.1 Å².